The average Bonchev–Trinajstić information content (AvgIpc) is 2.58. The summed E-state index contributed by atoms with van der Waals surface area (Å²) in [6, 6.07) is 6.72. The van der Waals surface area contributed by atoms with E-state index in [0.29, 0.717) is 0 Å². The first-order valence-electron chi connectivity index (χ1n) is 4.84. The summed E-state index contributed by atoms with van der Waals surface area (Å²) in [5.41, 5.74) is 0.947. The minimum Gasteiger partial charge on any atom is -0.207 e. The number of hydrogen-bond donors (Lipinski definition) is 0. The van der Waals surface area contributed by atoms with Crippen molar-refractivity contribution in [2.75, 3.05) is 0 Å². The minimum atomic E-state index is -0.231. The zero-order chi connectivity index (χ0) is 12.6. The lowest BCUT2D eigenvalue weighted by molar-refractivity contribution is 0.626. The zero-order valence-corrected chi connectivity index (χ0v) is 14.1. The average molecular weight is 446 g/mol. The highest BCUT2D eigenvalue weighted by molar-refractivity contribution is 14.1. The SMILES string of the molecule is Cc1sc(C(Cl)c2ccc(F)cc2I)cc1Br. The summed E-state index contributed by atoms with van der Waals surface area (Å²) in [5, 5.41) is -0.225. The first-order valence-corrected chi connectivity index (χ1v) is 7.96. The van der Waals surface area contributed by atoms with Crippen molar-refractivity contribution in [3.63, 3.8) is 0 Å². The van der Waals surface area contributed by atoms with Crippen LogP contribution in [0.5, 0.6) is 0 Å². The smallest absolute Gasteiger partial charge is 0.124 e. The molecule has 1 unspecified atom stereocenters. The molecule has 0 aliphatic heterocycles. The summed E-state index contributed by atoms with van der Waals surface area (Å²) < 4.78 is 15.0. The van der Waals surface area contributed by atoms with E-state index in [0.717, 1.165) is 18.5 Å². The van der Waals surface area contributed by atoms with Crippen molar-refractivity contribution < 1.29 is 4.39 Å². The molecule has 1 atom stereocenters. The van der Waals surface area contributed by atoms with Crippen LogP contribution in [0.2, 0.25) is 0 Å². The summed E-state index contributed by atoms with van der Waals surface area (Å²) in [5.74, 6) is -0.231. The van der Waals surface area contributed by atoms with E-state index in [2.05, 4.69) is 38.5 Å². The maximum atomic E-state index is 13.0. The fourth-order valence-corrected chi connectivity index (χ4v) is 4.38. The van der Waals surface area contributed by atoms with Crippen molar-refractivity contribution in [3.05, 3.63) is 53.4 Å². The van der Waals surface area contributed by atoms with Gasteiger partial charge in [0.1, 0.15) is 5.82 Å². The summed E-state index contributed by atoms with van der Waals surface area (Å²) in [6.07, 6.45) is 0. The topological polar surface area (TPSA) is 0 Å². The molecule has 1 heterocycles. The summed E-state index contributed by atoms with van der Waals surface area (Å²) in [6.45, 7) is 2.04. The van der Waals surface area contributed by atoms with Gasteiger partial charge < -0.3 is 0 Å². The minimum absolute atomic E-state index is 0.225. The first kappa shape index (κ1) is 13.8. The molecule has 1 aromatic carbocycles. The lowest BCUT2D eigenvalue weighted by atomic mass is 10.1. The molecule has 0 amide bonds. The summed E-state index contributed by atoms with van der Waals surface area (Å²) in [7, 11) is 0. The van der Waals surface area contributed by atoms with E-state index in [4.69, 9.17) is 11.6 Å². The molecule has 0 fully saturated rings. The van der Waals surface area contributed by atoms with Crippen LogP contribution in [0.3, 0.4) is 0 Å². The molecule has 2 rings (SSSR count). The molecular formula is C12H8BrClFIS. The first-order chi connectivity index (χ1) is 7.99. The fourth-order valence-electron chi connectivity index (χ4n) is 1.47. The molecule has 90 valence electrons. The molecule has 2 aromatic rings. The van der Waals surface area contributed by atoms with Crippen LogP contribution in [0.1, 0.15) is 20.7 Å². The van der Waals surface area contributed by atoms with Gasteiger partial charge in [-0.05, 0) is 69.2 Å². The molecule has 0 saturated carbocycles. The van der Waals surface area contributed by atoms with Crippen LogP contribution >= 0.6 is 61.5 Å². The normalized spacial score (nSPS) is 12.8. The predicted molar refractivity (Wildman–Crippen MR) is 83.6 cm³/mol. The van der Waals surface area contributed by atoms with E-state index in [1.54, 1.807) is 17.4 Å². The lowest BCUT2D eigenvalue weighted by Crippen LogP contribution is -1.94. The third kappa shape index (κ3) is 3.03. The van der Waals surface area contributed by atoms with Crippen LogP contribution in [-0.4, -0.2) is 0 Å². The Kier molecular flexibility index (Phi) is 4.50. The molecule has 17 heavy (non-hydrogen) atoms. The number of aryl methyl sites for hydroxylation is 1. The van der Waals surface area contributed by atoms with E-state index < -0.39 is 0 Å². The van der Waals surface area contributed by atoms with Crippen LogP contribution in [0.15, 0.2) is 28.7 Å². The van der Waals surface area contributed by atoms with Crippen LogP contribution in [0, 0.1) is 16.3 Å². The molecule has 0 N–H and O–H groups in total. The largest absolute Gasteiger partial charge is 0.207 e. The van der Waals surface area contributed by atoms with Crippen LogP contribution < -0.4 is 0 Å². The Hall–Kier alpha value is 0.350. The van der Waals surface area contributed by atoms with Gasteiger partial charge in [0.2, 0.25) is 0 Å². The van der Waals surface area contributed by atoms with E-state index in [1.807, 2.05) is 13.0 Å². The van der Waals surface area contributed by atoms with Crippen molar-refractivity contribution in [2.45, 2.75) is 12.3 Å². The van der Waals surface area contributed by atoms with Gasteiger partial charge in [0.25, 0.3) is 0 Å². The number of rotatable bonds is 2. The lowest BCUT2D eigenvalue weighted by Gasteiger charge is -2.10. The Morgan fingerprint density at radius 2 is 2.12 bits per heavy atom. The Labute approximate surface area is 130 Å². The molecule has 0 radical (unpaired) electrons. The van der Waals surface area contributed by atoms with Gasteiger partial charge >= 0.3 is 0 Å². The van der Waals surface area contributed by atoms with Crippen molar-refractivity contribution in [1.29, 1.82) is 0 Å². The molecule has 0 aliphatic carbocycles. The van der Waals surface area contributed by atoms with Crippen molar-refractivity contribution in [2.24, 2.45) is 0 Å². The molecular weight excluding hydrogens is 437 g/mol. The maximum Gasteiger partial charge on any atom is 0.124 e. The Morgan fingerprint density at radius 1 is 1.41 bits per heavy atom. The predicted octanol–water partition coefficient (Wildman–Crippen LogP) is 5.89. The second-order valence-electron chi connectivity index (χ2n) is 3.58. The molecule has 0 saturated heterocycles. The molecule has 0 nitrogen and oxygen atoms in total. The van der Waals surface area contributed by atoms with Crippen LogP contribution in [0.25, 0.3) is 0 Å². The Balaban J connectivity index is 2.39. The van der Waals surface area contributed by atoms with Gasteiger partial charge in [-0.3, -0.25) is 0 Å². The van der Waals surface area contributed by atoms with Gasteiger partial charge in [0, 0.05) is 17.8 Å². The Bertz CT molecular complexity index is 536. The highest BCUT2D eigenvalue weighted by Gasteiger charge is 2.17. The van der Waals surface area contributed by atoms with Gasteiger partial charge in [0.15, 0.2) is 0 Å². The van der Waals surface area contributed by atoms with Crippen LogP contribution in [0.4, 0.5) is 4.39 Å². The number of halogens is 4. The number of benzene rings is 1. The van der Waals surface area contributed by atoms with Crippen molar-refractivity contribution in [3.8, 4) is 0 Å². The molecule has 1 aromatic heterocycles. The monoisotopic (exact) mass is 444 g/mol. The highest BCUT2D eigenvalue weighted by Crippen LogP contribution is 2.38. The molecule has 0 spiro atoms. The van der Waals surface area contributed by atoms with E-state index in [-0.39, 0.29) is 11.2 Å². The standard InChI is InChI=1S/C12H8BrClFIS/c1-6-9(13)5-11(17-6)12(14)8-3-2-7(15)4-10(8)16/h2-5,12H,1H3. The second-order valence-corrected chi connectivity index (χ2v) is 7.32. The highest BCUT2D eigenvalue weighted by atomic mass is 127. The summed E-state index contributed by atoms with van der Waals surface area (Å²) in [4.78, 5) is 2.27. The van der Waals surface area contributed by atoms with Crippen molar-refractivity contribution >= 4 is 61.5 Å². The second kappa shape index (κ2) is 5.55. The van der Waals surface area contributed by atoms with Gasteiger partial charge in [-0.25, -0.2) is 4.39 Å². The Morgan fingerprint density at radius 3 is 2.65 bits per heavy atom. The van der Waals surface area contributed by atoms with Crippen LogP contribution in [-0.2, 0) is 0 Å². The third-order valence-electron chi connectivity index (χ3n) is 2.36. The van der Waals surface area contributed by atoms with E-state index in [1.165, 1.54) is 17.0 Å². The third-order valence-corrected chi connectivity index (χ3v) is 6.10. The molecule has 5 heteroatoms. The summed E-state index contributed by atoms with van der Waals surface area (Å²) >= 11 is 13.7. The van der Waals surface area contributed by atoms with Gasteiger partial charge in [-0.2, -0.15) is 0 Å². The van der Waals surface area contributed by atoms with E-state index >= 15 is 0 Å². The van der Waals surface area contributed by atoms with Gasteiger partial charge in [-0.15, -0.1) is 22.9 Å². The number of thiophene rings is 1. The van der Waals surface area contributed by atoms with Crippen molar-refractivity contribution in [1.82, 2.24) is 0 Å². The number of hydrogen-bond acceptors (Lipinski definition) is 1. The number of alkyl halides is 1. The van der Waals surface area contributed by atoms with E-state index in [9.17, 15) is 4.39 Å². The maximum absolute atomic E-state index is 13.0. The zero-order valence-electron chi connectivity index (χ0n) is 8.81. The van der Waals surface area contributed by atoms with Gasteiger partial charge in [0.05, 0.1) is 5.38 Å². The molecule has 0 aliphatic rings. The molecule has 0 bridgehead atoms. The quantitative estimate of drug-likeness (QED) is 0.399. The fraction of sp³-hybridized carbons (Fsp3) is 0.167. The van der Waals surface area contributed by atoms with Gasteiger partial charge in [-0.1, -0.05) is 6.07 Å².